The van der Waals surface area contributed by atoms with Crippen LogP contribution in [0.2, 0.25) is 0 Å². The lowest BCUT2D eigenvalue weighted by molar-refractivity contribution is -0.119. The van der Waals surface area contributed by atoms with Gasteiger partial charge in [-0.3, -0.25) is 19.7 Å². The van der Waals surface area contributed by atoms with Gasteiger partial charge in [-0.25, -0.2) is 0 Å². The molecule has 0 bridgehead atoms. The third-order valence-electron chi connectivity index (χ3n) is 5.42. The summed E-state index contributed by atoms with van der Waals surface area (Å²) in [6, 6.07) is 19.4. The monoisotopic (exact) mass is 415 g/mol. The van der Waals surface area contributed by atoms with Crippen LogP contribution >= 0.6 is 0 Å². The molecule has 0 spiro atoms. The molecule has 0 aliphatic rings. The molecule has 1 N–H and O–H groups in total. The van der Waals surface area contributed by atoms with Crippen molar-refractivity contribution in [3.63, 3.8) is 0 Å². The quantitative estimate of drug-likeness (QED) is 0.464. The zero-order valence-corrected chi connectivity index (χ0v) is 18.1. The number of hydrogen-bond acceptors (Lipinski definition) is 3. The molecular formula is C25H25N3O3. The lowest BCUT2D eigenvalue weighted by atomic mass is 10.1. The van der Waals surface area contributed by atoms with Gasteiger partial charge in [0.2, 0.25) is 0 Å². The minimum Gasteiger partial charge on any atom is -0.484 e. The van der Waals surface area contributed by atoms with Gasteiger partial charge in [0.25, 0.3) is 5.91 Å². The minimum atomic E-state index is -0.257. The number of carbonyl (C=O) groups is 2. The van der Waals surface area contributed by atoms with Gasteiger partial charge in [0, 0.05) is 33.7 Å². The number of carbonyl (C=O) groups excluding carboxylic acids is 2. The molecule has 2 heterocycles. The molecule has 0 aliphatic heterocycles. The maximum atomic E-state index is 12.4. The zero-order chi connectivity index (χ0) is 22.1. The number of nitrogens with one attached hydrogen (secondary N) is 1. The van der Waals surface area contributed by atoms with Crippen LogP contribution in [-0.2, 0) is 4.79 Å². The molecule has 0 atom stereocenters. The van der Waals surface area contributed by atoms with Crippen LogP contribution in [0.25, 0.3) is 16.6 Å². The normalized spacial score (nSPS) is 11.0. The van der Waals surface area contributed by atoms with Crippen molar-refractivity contribution in [2.45, 2.75) is 27.7 Å². The number of aryl methyl sites for hydroxylation is 2. The average molecular weight is 415 g/mol. The van der Waals surface area contributed by atoms with Gasteiger partial charge in [0.15, 0.2) is 12.4 Å². The van der Waals surface area contributed by atoms with Crippen molar-refractivity contribution in [2.75, 3.05) is 12.0 Å². The van der Waals surface area contributed by atoms with Gasteiger partial charge in [0.05, 0.1) is 5.52 Å². The van der Waals surface area contributed by atoms with Gasteiger partial charge in [-0.05, 0) is 70.2 Å². The molecule has 2 aromatic carbocycles. The molecule has 4 aromatic rings. The second-order valence-corrected chi connectivity index (χ2v) is 7.64. The van der Waals surface area contributed by atoms with Crippen molar-refractivity contribution in [3.05, 3.63) is 83.3 Å². The number of fused-ring (bicyclic) bond motifs is 1. The number of para-hydroxylation sites is 1. The van der Waals surface area contributed by atoms with E-state index in [1.165, 1.54) is 0 Å². The number of nitrogens with zero attached hydrogens (tertiary/aromatic N) is 2. The average Bonchev–Trinajstić information content (AvgIpc) is 3.22. The van der Waals surface area contributed by atoms with E-state index >= 15 is 0 Å². The third-order valence-corrected chi connectivity index (χ3v) is 5.42. The Kier molecular flexibility index (Phi) is 5.38. The van der Waals surface area contributed by atoms with Gasteiger partial charge in [-0.1, -0.05) is 18.2 Å². The van der Waals surface area contributed by atoms with Gasteiger partial charge >= 0.3 is 0 Å². The Hall–Kier alpha value is -3.80. The Morgan fingerprint density at radius 3 is 2.26 bits per heavy atom. The molecule has 6 heteroatoms. The van der Waals surface area contributed by atoms with E-state index in [2.05, 4.69) is 9.99 Å². The van der Waals surface area contributed by atoms with Gasteiger partial charge in [-0.15, -0.1) is 0 Å². The highest BCUT2D eigenvalue weighted by atomic mass is 16.5. The van der Waals surface area contributed by atoms with E-state index in [1.54, 1.807) is 11.6 Å². The Bertz CT molecular complexity index is 1260. The lowest BCUT2D eigenvalue weighted by Crippen LogP contribution is -2.29. The molecule has 31 heavy (non-hydrogen) atoms. The summed E-state index contributed by atoms with van der Waals surface area (Å²) in [5.41, 5.74) is 8.15. The molecule has 2 aromatic heterocycles. The van der Waals surface area contributed by atoms with Crippen LogP contribution in [-0.4, -0.2) is 27.5 Å². The molecule has 4 rings (SSSR count). The molecule has 0 radical (unpaired) electrons. The van der Waals surface area contributed by atoms with Crippen LogP contribution < -0.4 is 10.2 Å². The first kappa shape index (κ1) is 20.5. The minimum absolute atomic E-state index is 0.00867. The number of aromatic nitrogens is 2. The maximum Gasteiger partial charge on any atom is 0.276 e. The lowest BCUT2D eigenvalue weighted by Gasteiger charge is -2.12. The van der Waals surface area contributed by atoms with E-state index in [0.29, 0.717) is 11.3 Å². The summed E-state index contributed by atoms with van der Waals surface area (Å²) in [7, 11) is 0. The molecule has 0 aliphatic carbocycles. The maximum absolute atomic E-state index is 12.4. The van der Waals surface area contributed by atoms with E-state index in [-0.39, 0.29) is 18.3 Å². The van der Waals surface area contributed by atoms with Gasteiger partial charge in [-0.2, -0.15) is 0 Å². The molecular weight excluding hydrogens is 390 g/mol. The first-order chi connectivity index (χ1) is 14.9. The second kappa shape index (κ2) is 8.14. The van der Waals surface area contributed by atoms with Crippen molar-refractivity contribution in [1.29, 1.82) is 0 Å². The topological polar surface area (TPSA) is 65.3 Å². The summed E-state index contributed by atoms with van der Waals surface area (Å²) < 4.78 is 9.55. The van der Waals surface area contributed by atoms with Crippen LogP contribution in [0.5, 0.6) is 5.75 Å². The molecule has 158 valence electrons. The van der Waals surface area contributed by atoms with Crippen LogP contribution in [0.3, 0.4) is 0 Å². The van der Waals surface area contributed by atoms with E-state index in [9.17, 15) is 9.59 Å². The fraction of sp³-hybridized carbons (Fsp3) is 0.200. The molecule has 1 amide bonds. The number of ether oxygens (including phenoxy) is 1. The first-order valence-corrected chi connectivity index (χ1v) is 10.2. The number of Topliss-reactive ketones (excluding diaryl/α,β-unsaturated/α-hetero) is 1. The summed E-state index contributed by atoms with van der Waals surface area (Å²) in [4.78, 5) is 24.8. The Balaban J connectivity index is 1.63. The summed E-state index contributed by atoms with van der Waals surface area (Å²) >= 11 is 0. The van der Waals surface area contributed by atoms with Crippen LogP contribution in [0.1, 0.15) is 34.4 Å². The van der Waals surface area contributed by atoms with Crippen molar-refractivity contribution >= 4 is 22.6 Å². The molecule has 0 unspecified atom stereocenters. The summed E-state index contributed by atoms with van der Waals surface area (Å²) in [5, 5.41) is 0.809. The standard InChI is InChI=1S/C25H25N3O3/c1-16-10-11-17(2)28(16)26-24(30)15-31-21-12-13-23-22(14-21)25(19(4)29)18(3)27(23)20-8-6-5-7-9-20/h5-14H,15H2,1-4H3,(H,26,30). The first-order valence-electron chi connectivity index (χ1n) is 10.2. The Morgan fingerprint density at radius 2 is 1.61 bits per heavy atom. The Morgan fingerprint density at radius 1 is 0.935 bits per heavy atom. The number of hydrogen-bond donors (Lipinski definition) is 1. The highest BCUT2D eigenvalue weighted by molar-refractivity contribution is 6.09. The van der Waals surface area contributed by atoms with Crippen LogP contribution in [0, 0.1) is 20.8 Å². The third kappa shape index (κ3) is 3.84. The number of benzene rings is 2. The molecule has 0 fully saturated rings. The largest absolute Gasteiger partial charge is 0.484 e. The van der Waals surface area contributed by atoms with E-state index in [1.807, 2.05) is 81.4 Å². The smallest absolute Gasteiger partial charge is 0.276 e. The highest BCUT2D eigenvalue weighted by Gasteiger charge is 2.19. The van der Waals surface area contributed by atoms with Gasteiger partial charge in [0.1, 0.15) is 5.75 Å². The fourth-order valence-electron chi connectivity index (χ4n) is 3.99. The zero-order valence-electron chi connectivity index (χ0n) is 18.1. The predicted octanol–water partition coefficient (Wildman–Crippen LogP) is 4.71. The van der Waals surface area contributed by atoms with Gasteiger partial charge < -0.3 is 9.30 Å². The Labute approximate surface area is 181 Å². The van der Waals surface area contributed by atoms with E-state index < -0.39 is 0 Å². The summed E-state index contributed by atoms with van der Waals surface area (Å²) in [6.07, 6.45) is 0. The van der Waals surface area contributed by atoms with Crippen molar-refractivity contribution in [3.8, 4) is 11.4 Å². The number of rotatable bonds is 6. The van der Waals surface area contributed by atoms with Crippen molar-refractivity contribution in [2.24, 2.45) is 0 Å². The predicted molar refractivity (Wildman–Crippen MR) is 122 cm³/mol. The molecule has 0 saturated heterocycles. The van der Waals surface area contributed by atoms with E-state index in [4.69, 9.17) is 4.74 Å². The van der Waals surface area contributed by atoms with Crippen molar-refractivity contribution < 1.29 is 14.3 Å². The van der Waals surface area contributed by atoms with Crippen LogP contribution in [0.4, 0.5) is 0 Å². The molecule has 6 nitrogen and oxygen atoms in total. The SMILES string of the molecule is CC(=O)c1c(C)n(-c2ccccc2)c2ccc(OCC(=O)Nn3c(C)ccc3C)cc12. The number of amides is 1. The number of ketones is 1. The van der Waals surface area contributed by atoms with Crippen LogP contribution in [0.15, 0.2) is 60.7 Å². The molecule has 0 saturated carbocycles. The van der Waals surface area contributed by atoms with Crippen molar-refractivity contribution in [1.82, 2.24) is 9.24 Å². The summed E-state index contributed by atoms with van der Waals surface area (Å²) in [6.45, 7) is 7.23. The van der Waals surface area contributed by atoms with E-state index in [0.717, 1.165) is 33.7 Å². The summed E-state index contributed by atoms with van der Waals surface area (Å²) in [5.74, 6) is 0.272. The second-order valence-electron chi connectivity index (χ2n) is 7.64. The fourth-order valence-corrected chi connectivity index (χ4v) is 3.99. The highest BCUT2D eigenvalue weighted by Crippen LogP contribution is 2.32.